The Morgan fingerprint density at radius 1 is 0.543 bits per heavy atom. The van der Waals surface area contributed by atoms with Crippen LogP contribution in [0.5, 0.6) is 0 Å². The molecule has 0 aromatic rings. The molecule has 256 valence electrons. The van der Waals surface area contributed by atoms with Crippen molar-refractivity contribution in [2.75, 3.05) is 0 Å². The molecule has 0 bridgehead atoms. The first-order chi connectivity index (χ1) is 21.6. The predicted molar refractivity (Wildman–Crippen MR) is 169 cm³/mol. The van der Waals surface area contributed by atoms with Crippen LogP contribution in [0.4, 0.5) is 0 Å². The van der Waals surface area contributed by atoms with Crippen molar-refractivity contribution in [1.82, 2.24) is 0 Å². The summed E-state index contributed by atoms with van der Waals surface area (Å²) in [4.78, 5) is 51.0. The number of rotatable bonds is 6. The molecule has 7 rings (SSSR count). The normalized spacial score (nSPS) is 53.8. The van der Waals surface area contributed by atoms with Crippen molar-refractivity contribution in [3.05, 3.63) is 0 Å². The van der Waals surface area contributed by atoms with E-state index in [-0.39, 0.29) is 94.7 Å². The quantitative estimate of drug-likeness (QED) is 0.236. The number of fused-ring (bicyclic) bond motifs is 6. The Labute approximate surface area is 273 Å². The highest BCUT2D eigenvalue weighted by Crippen LogP contribution is 2.77. The van der Waals surface area contributed by atoms with Crippen LogP contribution in [-0.4, -0.2) is 44.3 Å². The molecule has 0 heterocycles. The molecule has 7 aliphatic carbocycles. The number of aliphatic carboxylic acids is 4. The van der Waals surface area contributed by atoms with Gasteiger partial charge in [0, 0.05) is 12.8 Å². The average Bonchev–Trinajstić information content (AvgIpc) is 2.96. The number of hydrogen-bond donors (Lipinski definition) is 4. The van der Waals surface area contributed by atoms with Gasteiger partial charge in [-0.1, -0.05) is 26.7 Å². The molecule has 8 nitrogen and oxygen atoms in total. The van der Waals surface area contributed by atoms with Crippen LogP contribution in [0.2, 0.25) is 0 Å². The Hall–Kier alpha value is -2.12. The summed E-state index contributed by atoms with van der Waals surface area (Å²) in [6, 6.07) is 0. The maximum Gasteiger partial charge on any atom is 0.309 e. The van der Waals surface area contributed by atoms with Crippen LogP contribution in [0.3, 0.4) is 0 Å². The lowest BCUT2D eigenvalue weighted by atomic mass is 9.30. The molecule has 16 atom stereocenters. The Balaban J connectivity index is 1.42. The fraction of sp³-hybridized carbons (Fsp3) is 0.895. The maximum atomic E-state index is 13.1. The van der Waals surface area contributed by atoms with Gasteiger partial charge in [-0.15, -0.1) is 0 Å². The van der Waals surface area contributed by atoms with Gasteiger partial charge < -0.3 is 20.4 Å². The summed E-state index contributed by atoms with van der Waals surface area (Å²) in [6.07, 6.45) is 10.4. The molecule has 4 N–H and O–H groups in total. The predicted octanol–water partition coefficient (Wildman–Crippen LogP) is 7.30. The summed E-state index contributed by atoms with van der Waals surface area (Å²) in [6.45, 7) is 8.63. The molecule has 7 fully saturated rings. The molecule has 7 aliphatic rings. The van der Waals surface area contributed by atoms with Gasteiger partial charge in [0.2, 0.25) is 0 Å². The SMILES string of the molecule is CC1(C(=O)O)CCCC2(C)C3CCC(CC(=O)O)C4C5CC6C(C)(C(=O)O)CCCC6(C)C6CCC(CC(=O)O)C(C(CC12)C43)C56. The van der Waals surface area contributed by atoms with Gasteiger partial charge in [-0.3, -0.25) is 19.2 Å². The minimum Gasteiger partial charge on any atom is -0.481 e. The number of carboxylic acid groups (broad SMARTS) is 4. The molecule has 46 heavy (non-hydrogen) atoms. The van der Waals surface area contributed by atoms with Gasteiger partial charge >= 0.3 is 23.9 Å². The zero-order valence-electron chi connectivity index (χ0n) is 28.2. The van der Waals surface area contributed by atoms with E-state index >= 15 is 0 Å². The van der Waals surface area contributed by atoms with Crippen LogP contribution < -0.4 is 0 Å². The van der Waals surface area contributed by atoms with Gasteiger partial charge in [0.15, 0.2) is 0 Å². The van der Waals surface area contributed by atoms with Gasteiger partial charge in [0.25, 0.3) is 0 Å². The molecule has 16 unspecified atom stereocenters. The van der Waals surface area contributed by atoms with Crippen molar-refractivity contribution in [2.45, 2.75) is 118 Å². The number of carboxylic acids is 4. The van der Waals surface area contributed by atoms with Crippen molar-refractivity contribution in [2.24, 2.45) is 92.7 Å². The molecule has 0 saturated heterocycles. The summed E-state index contributed by atoms with van der Waals surface area (Å²) in [5, 5.41) is 41.8. The fourth-order valence-electron chi connectivity index (χ4n) is 15.6. The third-order valence-electron chi connectivity index (χ3n) is 17.1. The van der Waals surface area contributed by atoms with Crippen LogP contribution in [0.25, 0.3) is 0 Å². The van der Waals surface area contributed by atoms with Crippen molar-refractivity contribution in [3.8, 4) is 0 Å². The van der Waals surface area contributed by atoms with Gasteiger partial charge in [-0.25, -0.2) is 0 Å². The minimum atomic E-state index is -0.825. The Morgan fingerprint density at radius 3 is 1.24 bits per heavy atom. The Bertz CT molecular complexity index is 1210. The standard InChI is InChI=1S/C38H56O8/c1-35-11-5-13-37(3,33(43)44)25(35)17-21-30-20(16-28(41)42)8-10-24-32(30)22(29-19(15-27(39)40)7-9-23(35)31(21)29)18-26-36(24,2)12-6-14-38(26,4)34(45)46/h19-26,29-32H,5-18H2,1-4H3,(H,39,40)(H,41,42)(H,43,44)(H,45,46). The molecule has 0 spiro atoms. The van der Waals surface area contributed by atoms with Crippen LogP contribution in [-0.2, 0) is 19.2 Å². The molecule has 8 heteroatoms. The van der Waals surface area contributed by atoms with Crippen LogP contribution in [0.1, 0.15) is 118 Å². The van der Waals surface area contributed by atoms with Gasteiger partial charge in [-0.05, 0) is 160 Å². The van der Waals surface area contributed by atoms with E-state index in [1.165, 1.54) is 0 Å². The van der Waals surface area contributed by atoms with Gasteiger partial charge in [0.05, 0.1) is 10.8 Å². The summed E-state index contributed by atoms with van der Waals surface area (Å²) in [5.74, 6) is -1.18. The summed E-state index contributed by atoms with van der Waals surface area (Å²) in [5.41, 5.74) is -1.97. The Morgan fingerprint density at radius 2 is 0.913 bits per heavy atom. The fourth-order valence-corrected chi connectivity index (χ4v) is 15.6. The van der Waals surface area contributed by atoms with Crippen molar-refractivity contribution in [1.29, 1.82) is 0 Å². The topological polar surface area (TPSA) is 149 Å². The summed E-state index contributed by atoms with van der Waals surface area (Å²) in [7, 11) is 0. The first-order valence-electron chi connectivity index (χ1n) is 18.5. The third kappa shape index (κ3) is 4.28. The van der Waals surface area contributed by atoms with Crippen molar-refractivity contribution >= 4 is 23.9 Å². The lowest BCUT2D eigenvalue weighted by molar-refractivity contribution is -0.265. The van der Waals surface area contributed by atoms with Crippen LogP contribution in [0, 0.1) is 92.7 Å². The first-order valence-corrected chi connectivity index (χ1v) is 18.5. The van der Waals surface area contributed by atoms with Crippen molar-refractivity contribution in [3.63, 3.8) is 0 Å². The second-order valence-corrected chi connectivity index (χ2v) is 18.5. The summed E-state index contributed by atoms with van der Waals surface area (Å²) < 4.78 is 0. The van der Waals surface area contributed by atoms with E-state index in [1.54, 1.807) is 0 Å². The number of carbonyl (C=O) groups is 4. The molecule has 0 radical (unpaired) electrons. The molecular weight excluding hydrogens is 584 g/mol. The molecule has 0 aliphatic heterocycles. The Kier molecular flexibility index (Phi) is 7.54. The van der Waals surface area contributed by atoms with Crippen molar-refractivity contribution < 1.29 is 39.6 Å². The third-order valence-corrected chi connectivity index (χ3v) is 17.1. The zero-order chi connectivity index (χ0) is 33.1. The monoisotopic (exact) mass is 640 g/mol. The van der Waals surface area contributed by atoms with E-state index in [2.05, 4.69) is 13.8 Å². The zero-order valence-corrected chi connectivity index (χ0v) is 28.2. The largest absolute Gasteiger partial charge is 0.481 e. The lowest BCUT2D eigenvalue weighted by Gasteiger charge is -2.74. The average molecular weight is 641 g/mol. The lowest BCUT2D eigenvalue weighted by Crippen LogP contribution is -2.69. The second-order valence-electron chi connectivity index (χ2n) is 18.5. The van der Waals surface area contributed by atoms with E-state index in [9.17, 15) is 39.6 Å². The highest BCUT2D eigenvalue weighted by molar-refractivity contribution is 5.75. The van der Waals surface area contributed by atoms with E-state index in [1.807, 2.05) is 13.8 Å². The van der Waals surface area contributed by atoms with E-state index < -0.39 is 34.7 Å². The molecule has 0 aromatic heterocycles. The van der Waals surface area contributed by atoms with Crippen LogP contribution >= 0.6 is 0 Å². The van der Waals surface area contributed by atoms with E-state index in [0.717, 1.165) is 64.2 Å². The maximum absolute atomic E-state index is 13.1. The highest BCUT2D eigenvalue weighted by Gasteiger charge is 2.72. The second kappa shape index (κ2) is 10.7. The van der Waals surface area contributed by atoms with E-state index in [4.69, 9.17) is 0 Å². The van der Waals surface area contributed by atoms with Gasteiger partial charge in [-0.2, -0.15) is 0 Å². The first kappa shape index (κ1) is 32.4. The molecular formula is C38H56O8. The number of hydrogen-bond acceptors (Lipinski definition) is 4. The molecule has 0 aromatic carbocycles. The smallest absolute Gasteiger partial charge is 0.309 e. The minimum absolute atomic E-state index is 0.00786. The highest BCUT2D eigenvalue weighted by atomic mass is 16.4. The van der Waals surface area contributed by atoms with Crippen LogP contribution in [0.15, 0.2) is 0 Å². The van der Waals surface area contributed by atoms with Gasteiger partial charge in [0.1, 0.15) is 0 Å². The molecule has 7 saturated carbocycles. The summed E-state index contributed by atoms with van der Waals surface area (Å²) >= 11 is 0. The molecule has 0 amide bonds. The van der Waals surface area contributed by atoms with E-state index in [0.29, 0.717) is 12.8 Å².